The molecule has 1 aliphatic heterocycles. The molecule has 6 nitrogen and oxygen atoms in total. The van der Waals surface area contributed by atoms with Crippen molar-refractivity contribution in [2.45, 2.75) is 25.8 Å². The fraction of sp³-hybridized carbons (Fsp3) is 0.391. The van der Waals surface area contributed by atoms with Crippen LogP contribution in [0.3, 0.4) is 0 Å². The molecule has 0 radical (unpaired) electrons. The lowest BCUT2D eigenvalue weighted by molar-refractivity contribution is -0.118. The number of fused-ring (bicyclic) bond motifs is 1. The van der Waals surface area contributed by atoms with Gasteiger partial charge in [0.25, 0.3) is 0 Å². The third-order valence-electron chi connectivity index (χ3n) is 5.21. The summed E-state index contributed by atoms with van der Waals surface area (Å²) in [6.07, 6.45) is 2.23. The van der Waals surface area contributed by atoms with Gasteiger partial charge in [-0.3, -0.25) is 9.79 Å². The molecule has 2 aromatic rings. The third-order valence-corrected chi connectivity index (χ3v) is 5.21. The second-order valence-corrected chi connectivity index (χ2v) is 7.17. The lowest BCUT2D eigenvalue weighted by Crippen LogP contribution is -2.39. The third kappa shape index (κ3) is 5.08. The van der Waals surface area contributed by atoms with Crippen molar-refractivity contribution >= 4 is 17.6 Å². The van der Waals surface area contributed by atoms with E-state index in [9.17, 15) is 4.79 Å². The van der Waals surface area contributed by atoms with Crippen molar-refractivity contribution in [3.63, 3.8) is 0 Å². The van der Waals surface area contributed by atoms with Gasteiger partial charge in [-0.2, -0.15) is 0 Å². The Hall–Kier alpha value is -3.02. The highest BCUT2D eigenvalue weighted by atomic mass is 16.5. The molecule has 29 heavy (non-hydrogen) atoms. The van der Waals surface area contributed by atoms with Gasteiger partial charge >= 0.3 is 0 Å². The van der Waals surface area contributed by atoms with Gasteiger partial charge in [-0.15, -0.1) is 0 Å². The Morgan fingerprint density at radius 3 is 2.76 bits per heavy atom. The molecule has 1 heterocycles. The molecular formula is C23H30N4O2. The topological polar surface area (TPSA) is 57.2 Å². The number of hydrogen-bond acceptors (Lipinski definition) is 3. The van der Waals surface area contributed by atoms with E-state index in [2.05, 4.69) is 27.3 Å². The minimum atomic E-state index is 0.189. The van der Waals surface area contributed by atoms with E-state index < -0.39 is 0 Å². The zero-order chi connectivity index (χ0) is 20.6. The van der Waals surface area contributed by atoms with Gasteiger partial charge in [0.15, 0.2) is 5.96 Å². The molecule has 1 amide bonds. The molecule has 1 N–H and O–H groups in total. The second kappa shape index (κ2) is 9.96. The number of benzene rings is 2. The number of para-hydroxylation sites is 2. The quantitative estimate of drug-likeness (QED) is 0.445. The summed E-state index contributed by atoms with van der Waals surface area (Å²) in [4.78, 5) is 20.9. The summed E-state index contributed by atoms with van der Waals surface area (Å²) in [5.41, 5.74) is 3.43. The number of aliphatic imine (C=N–C) groups is 1. The van der Waals surface area contributed by atoms with Crippen molar-refractivity contribution in [2.75, 3.05) is 39.2 Å². The van der Waals surface area contributed by atoms with Crippen LogP contribution in [0, 0.1) is 0 Å². The van der Waals surface area contributed by atoms with Crippen molar-refractivity contribution in [3.8, 4) is 5.75 Å². The molecular weight excluding hydrogens is 364 g/mol. The molecule has 0 saturated carbocycles. The fourth-order valence-corrected chi connectivity index (χ4v) is 3.72. The zero-order valence-electron chi connectivity index (χ0n) is 17.5. The van der Waals surface area contributed by atoms with Crippen LogP contribution in [0.1, 0.15) is 24.0 Å². The van der Waals surface area contributed by atoms with E-state index in [1.807, 2.05) is 48.3 Å². The van der Waals surface area contributed by atoms with Crippen LogP contribution >= 0.6 is 0 Å². The number of nitrogens with one attached hydrogen (secondary N) is 1. The van der Waals surface area contributed by atoms with Gasteiger partial charge in [-0.25, -0.2) is 0 Å². The first-order chi connectivity index (χ1) is 14.1. The van der Waals surface area contributed by atoms with Gasteiger partial charge in [0.1, 0.15) is 5.75 Å². The van der Waals surface area contributed by atoms with Gasteiger partial charge in [-0.1, -0.05) is 36.4 Å². The van der Waals surface area contributed by atoms with Crippen molar-refractivity contribution in [1.82, 2.24) is 10.2 Å². The van der Waals surface area contributed by atoms with Gasteiger partial charge in [0, 0.05) is 51.4 Å². The molecule has 0 bridgehead atoms. The second-order valence-electron chi connectivity index (χ2n) is 7.17. The van der Waals surface area contributed by atoms with Crippen molar-refractivity contribution < 1.29 is 9.53 Å². The van der Waals surface area contributed by atoms with Crippen LogP contribution in [0.4, 0.5) is 5.69 Å². The van der Waals surface area contributed by atoms with E-state index in [0.29, 0.717) is 19.5 Å². The fourth-order valence-electron chi connectivity index (χ4n) is 3.72. The molecule has 2 aromatic carbocycles. The zero-order valence-corrected chi connectivity index (χ0v) is 17.5. The number of ether oxygens (including phenoxy) is 1. The summed E-state index contributed by atoms with van der Waals surface area (Å²) >= 11 is 0. The highest BCUT2D eigenvalue weighted by molar-refractivity contribution is 5.95. The molecule has 0 saturated heterocycles. The maximum absolute atomic E-state index is 12.6. The molecule has 0 unspecified atom stereocenters. The molecule has 0 aliphatic carbocycles. The van der Waals surface area contributed by atoms with E-state index in [-0.39, 0.29) is 5.91 Å². The standard InChI is InChI=1S/C23H30N4O2/c1-24-23(26(2)17-19-10-5-7-12-21(19)29-3)25-15-8-13-22(28)27-16-14-18-9-4-6-11-20(18)27/h4-7,9-12H,8,13-17H2,1-3H3,(H,24,25). The summed E-state index contributed by atoms with van der Waals surface area (Å²) in [6, 6.07) is 16.1. The maximum Gasteiger partial charge on any atom is 0.227 e. The predicted octanol–water partition coefficient (Wildman–Crippen LogP) is 3.07. The van der Waals surface area contributed by atoms with Gasteiger partial charge < -0.3 is 19.9 Å². The van der Waals surface area contributed by atoms with E-state index in [4.69, 9.17) is 4.74 Å². The number of carbonyl (C=O) groups is 1. The summed E-state index contributed by atoms with van der Waals surface area (Å²) < 4.78 is 5.43. The van der Waals surface area contributed by atoms with Crippen LogP contribution in [0.5, 0.6) is 5.75 Å². The summed E-state index contributed by atoms with van der Waals surface area (Å²) in [5, 5.41) is 3.36. The van der Waals surface area contributed by atoms with Crippen LogP contribution < -0.4 is 15.0 Å². The largest absolute Gasteiger partial charge is 0.496 e. The minimum Gasteiger partial charge on any atom is -0.496 e. The number of guanidine groups is 1. The lowest BCUT2D eigenvalue weighted by atomic mass is 10.2. The Bertz CT molecular complexity index is 865. The van der Waals surface area contributed by atoms with E-state index in [1.54, 1.807) is 14.2 Å². The first-order valence-corrected chi connectivity index (χ1v) is 10.1. The normalized spacial score (nSPS) is 13.2. The smallest absolute Gasteiger partial charge is 0.227 e. The number of hydrogen-bond donors (Lipinski definition) is 1. The SMILES string of the molecule is CN=C(NCCCC(=O)N1CCc2ccccc21)N(C)Cc1ccccc1OC. The molecule has 1 aliphatic rings. The maximum atomic E-state index is 12.6. The van der Waals surface area contributed by atoms with Gasteiger partial charge in [0.2, 0.25) is 5.91 Å². The number of nitrogens with zero attached hydrogens (tertiary/aromatic N) is 3. The summed E-state index contributed by atoms with van der Waals surface area (Å²) in [7, 11) is 5.45. The molecule has 0 atom stereocenters. The van der Waals surface area contributed by atoms with Crippen LogP contribution in [0.25, 0.3) is 0 Å². The van der Waals surface area contributed by atoms with Crippen LogP contribution in [0.15, 0.2) is 53.5 Å². The van der Waals surface area contributed by atoms with Crippen LogP contribution in [-0.2, 0) is 17.8 Å². The number of anilines is 1. The lowest BCUT2D eigenvalue weighted by Gasteiger charge is -2.23. The van der Waals surface area contributed by atoms with Crippen LogP contribution in [-0.4, -0.2) is 51.1 Å². The van der Waals surface area contributed by atoms with Gasteiger partial charge in [0.05, 0.1) is 7.11 Å². The van der Waals surface area contributed by atoms with E-state index in [1.165, 1.54) is 5.56 Å². The molecule has 0 aromatic heterocycles. The Morgan fingerprint density at radius 2 is 1.97 bits per heavy atom. The molecule has 0 fully saturated rings. The van der Waals surface area contributed by atoms with Crippen molar-refractivity contribution in [3.05, 3.63) is 59.7 Å². The molecule has 154 valence electrons. The first-order valence-electron chi connectivity index (χ1n) is 10.1. The average Bonchev–Trinajstić information content (AvgIpc) is 3.18. The number of carbonyl (C=O) groups excluding carboxylic acids is 1. The summed E-state index contributed by atoms with van der Waals surface area (Å²) in [6.45, 7) is 2.17. The number of rotatable bonds is 7. The Balaban J connectivity index is 1.46. The molecule has 3 rings (SSSR count). The Labute approximate surface area is 173 Å². The number of amides is 1. The first kappa shape index (κ1) is 20.7. The average molecular weight is 395 g/mol. The van der Waals surface area contributed by atoms with E-state index in [0.717, 1.165) is 42.3 Å². The van der Waals surface area contributed by atoms with Crippen molar-refractivity contribution in [2.24, 2.45) is 4.99 Å². The number of methoxy groups -OCH3 is 1. The molecule has 6 heteroatoms. The highest BCUT2D eigenvalue weighted by Gasteiger charge is 2.23. The Kier molecular flexibility index (Phi) is 7.11. The molecule has 0 spiro atoms. The van der Waals surface area contributed by atoms with E-state index >= 15 is 0 Å². The predicted molar refractivity (Wildman–Crippen MR) is 118 cm³/mol. The van der Waals surface area contributed by atoms with Crippen LogP contribution in [0.2, 0.25) is 0 Å². The highest BCUT2D eigenvalue weighted by Crippen LogP contribution is 2.28. The monoisotopic (exact) mass is 394 g/mol. The van der Waals surface area contributed by atoms with Gasteiger partial charge in [-0.05, 0) is 30.5 Å². The summed E-state index contributed by atoms with van der Waals surface area (Å²) in [5.74, 6) is 1.86. The minimum absolute atomic E-state index is 0.189. The van der Waals surface area contributed by atoms with Crippen molar-refractivity contribution in [1.29, 1.82) is 0 Å². The Morgan fingerprint density at radius 1 is 1.21 bits per heavy atom.